The first-order valence-electron chi connectivity index (χ1n) is 8.30. The molecule has 4 rings (SSSR count). The van der Waals surface area contributed by atoms with Crippen molar-refractivity contribution in [1.29, 1.82) is 0 Å². The molecule has 0 amide bonds. The summed E-state index contributed by atoms with van der Waals surface area (Å²) >= 11 is 5.92. The van der Waals surface area contributed by atoms with Gasteiger partial charge in [-0.3, -0.25) is 0 Å². The molecule has 2 N–H and O–H groups in total. The molecule has 3 nitrogen and oxygen atoms in total. The van der Waals surface area contributed by atoms with Crippen LogP contribution in [0.15, 0.2) is 36.4 Å². The van der Waals surface area contributed by atoms with E-state index >= 15 is 0 Å². The van der Waals surface area contributed by atoms with Crippen molar-refractivity contribution >= 4 is 17.3 Å². The fourth-order valence-electron chi connectivity index (χ4n) is 3.42. The molecule has 2 aromatic carbocycles. The largest absolute Gasteiger partial charge is 0.488 e. The van der Waals surface area contributed by atoms with Crippen LogP contribution in [-0.4, -0.2) is 19.2 Å². The normalized spacial score (nSPS) is 18.7. The van der Waals surface area contributed by atoms with E-state index in [1.54, 1.807) is 0 Å². The van der Waals surface area contributed by atoms with E-state index in [1.807, 2.05) is 12.1 Å². The third-order valence-corrected chi connectivity index (χ3v) is 4.92. The summed E-state index contributed by atoms with van der Waals surface area (Å²) in [5, 5.41) is 7.71. The molecule has 2 aliphatic heterocycles. The molecule has 1 unspecified atom stereocenters. The lowest BCUT2D eigenvalue weighted by atomic mass is 9.98. The summed E-state index contributed by atoms with van der Waals surface area (Å²) in [6.45, 7) is 2.74. The van der Waals surface area contributed by atoms with Crippen molar-refractivity contribution in [3.63, 3.8) is 0 Å². The Balaban J connectivity index is 1.37. The summed E-state index contributed by atoms with van der Waals surface area (Å²) in [5.74, 6) is 1.14. The second kappa shape index (κ2) is 6.42. The highest BCUT2D eigenvalue weighted by atomic mass is 35.5. The number of ether oxygens (including phenoxy) is 1. The maximum absolute atomic E-state index is 6.31. The zero-order chi connectivity index (χ0) is 15.6. The lowest BCUT2D eigenvalue weighted by molar-refractivity contribution is 0.169. The van der Waals surface area contributed by atoms with Crippen LogP contribution in [0.1, 0.15) is 23.1 Å². The molecule has 2 aromatic rings. The fraction of sp³-hybridized carbons (Fsp3) is 0.368. The van der Waals surface area contributed by atoms with Crippen molar-refractivity contribution in [3.8, 4) is 5.75 Å². The van der Waals surface area contributed by atoms with E-state index in [2.05, 4.69) is 34.9 Å². The predicted molar refractivity (Wildman–Crippen MR) is 94.5 cm³/mol. The van der Waals surface area contributed by atoms with Crippen molar-refractivity contribution in [3.05, 3.63) is 58.1 Å². The zero-order valence-corrected chi connectivity index (χ0v) is 13.8. The van der Waals surface area contributed by atoms with Gasteiger partial charge in [0.15, 0.2) is 0 Å². The van der Waals surface area contributed by atoms with Gasteiger partial charge < -0.3 is 15.4 Å². The molecule has 0 aromatic heterocycles. The molecule has 120 valence electrons. The van der Waals surface area contributed by atoms with Crippen LogP contribution in [0.2, 0.25) is 5.02 Å². The van der Waals surface area contributed by atoms with Gasteiger partial charge in [0.1, 0.15) is 11.9 Å². The van der Waals surface area contributed by atoms with Gasteiger partial charge in [0.2, 0.25) is 0 Å². The molecule has 0 spiro atoms. The third kappa shape index (κ3) is 3.17. The number of rotatable bonds is 4. The summed E-state index contributed by atoms with van der Waals surface area (Å²) in [4.78, 5) is 0. The Morgan fingerprint density at radius 1 is 1.13 bits per heavy atom. The number of anilines is 1. The van der Waals surface area contributed by atoms with Crippen LogP contribution in [0.25, 0.3) is 0 Å². The van der Waals surface area contributed by atoms with E-state index in [0.717, 1.165) is 49.7 Å². The van der Waals surface area contributed by atoms with Crippen LogP contribution >= 0.6 is 11.6 Å². The van der Waals surface area contributed by atoms with Gasteiger partial charge in [-0.2, -0.15) is 0 Å². The Morgan fingerprint density at radius 2 is 2.00 bits per heavy atom. The van der Waals surface area contributed by atoms with E-state index in [-0.39, 0.29) is 6.10 Å². The molecule has 0 aliphatic carbocycles. The van der Waals surface area contributed by atoms with Crippen molar-refractivity contribution in [2.24, 2.45) is 0 Å². The SMILES string of the molecule is Clc1ccc(CNCC2CCc3ccc4c(c3O2)CCN4)cc1. The first kappa shape index (κ1) is 14.9. The third-order valence-electron chi connectivity index (χ3n) is 4.67. The number of hydrogen-bond donors (Lipinski definition) is 2. The minimum atomic E-state index is 0.252. The van der Waals surface area contributed by atoms with Gasteiger partial charge in [-0.05, 0) is 48.6 Å². The minimum absolute atomic E-state index is 0.252. The van der Waals surface area contributed by atoms with Gasteiger partial charge in [0, 0.05) is 35.9 Å². The number of nitrogens with one attached hydrogen (secondary N) is 2. The first-order chi connectivity index (χ1) is 11.3. The first-order valence-corrected chi connectivity index (χ1v) is 8.68. The smallest absolute Gasteiger partial charge is 0.128 e. The van der Waals surface area contributed by atoms with Crippen LogP contribution in [0.5, 0.6) is 5.75 Å². The topological polar surface area (TPSA) is 33.3 Å². The number of hydrogen-bond acceptors (Lipinski definition) is 3. The molecule has 2 heterocycles. The van der Waals surface area contributed by atoms with Crippen LogP contribution < -0.4 is 15.4 Å². The maximum atomic E-state index is 6.31. The maximum Gasteiger partial charge on any atom is 0.128 e. The lowest BCUT2D eigenvalue weighted by Gasteiger charge is -2.28. The summed E-state index contributed by atoms with van der Waals surface area (Å²) in [6.07, 6.45) is 3.51. The van der Waals surface area contributed by atoms with Gasteiger partial charge >= 0.3 is 0 Å². The van der Waals surface area contributed by atoms with Crippen LogP contribution in [0.3, 0.4) is 0 Å². The zero-order valence-electron chi connectivity index (χ0n) is 13.1. The number of aryl methyl sites for hydroxylation is 1. The Morgan fingerprint density at radius 3 is 2.87 bits per heavy atom. The van der Waals surface area contributed by atoms with Crippen molar-refractivity contribution in [2.75, 3.05) is 18.4 Å². The summed E-state index contributed by atoms with van der Waals surface area (Å²) in [7, 11) is 0. The number of halogens is 1. The molecule has 0 radical (unpaired) electrons. The highest BCUT2D eigenvalue weighted by Crippen LogP contribution is 2.38. The van der Waals surface area contributed by atoms with E-state index in [1.165, 1.54) is 22.4 Å². The van der Waals surface area contributed by atoms with E-state index < -0.39 is 0 Å². The molecule has 0 saturated carbocycles. The summed E-state index contributed by atoms with van der Waals surface area (Å²) < 4.78 is 6.31. The van der Waals surface area contributed by atoms with Crippen LogP contribution in [-0.2, 0) is 19.4 Å². The molecule has 23 heavy (non-hydrogen) atoms. The average Bonchev–Trinajstić information content (AvgIpc) is 3.06. The summed E-state index contributed by atoms with van der Waals surface area (Å²) in [6, 6.07) is 12.4. The Hall–Kier alpha value is -1.71. The molecule has 0 saturated heterocycles. The molecular weight excluding hydrogens is 308 g/mol. The Bertz CT molecular complexity index is 699. The molecule has 0 fully saturated rings. The summed E-state index contributed by atoms with van der Waals surface area (Å²) in [5.41, 5.74) is 5.22. The molecule has 4 heteroatoms. The van der Waals surface area contributed by atoms with E-state index in [0.29, 0.717) is 0 Å². The van der Waals surface area contributed by atoms with Gasteiger partial charge in [-0.25, -0.2) is 0 Å². The predicted octanol–water partition coefficient (Wildman–Crippen LogP) is 3.79. The van der Waals surface area contributed by atoms with E-state index in [9.17, 15) is 0 Å². The molecule has 2 aliphatic rings. The molecule has 1 atom stereocenters. The molecule has 0 bridgehead atoms. The second-order valence-corrected chi connectivity index (χ2v) is 6.73. The van der Waals surface area contributed by atoms with Crippen molar-refractivity contribution in [1.82, 2.24) is 5.32 Å². The number of benzene rings is 2. The highest BCUT2D eigenvalue weighted by molar-refractivity contribution is 6.30. The number of fused-ring (bicyclic) bond motifs is 3. The Labute approximate surface area is 142 Å². The van der Waals surface area contributed by atoms with Crippen molar-refractivity contribution in [2.45, 2.75) is 31.9 Å². The monoisotopic (exact) mass is 328 g/mol. The minimum Gasteiger partial charge on any atom is -0.488 e. The second-order valence-electron chi connectivity index (χ2n) is 6.29. The van der Waals surface area contributed by atoms with Gasteiger partial charge in [-0.1, -0.05) is 29.8 Å². The van der Waals surface area contributed by atoms with Crippen LogP contribution in [0, 0.1) is 0 Å². The van der Waals surface area contributed by atoms with Gasteiger partial charge in [-0.15, -0.1) is 0 Å². The molecular formula is C19H21ClN2O. The van der Waals surface area contributed by atoms with Gasteiger partial charge in [0.25, 0.3) is 0 Å². The van der Waals surface area contributed by atoms with E-state index in [4.69, 9.17) is 16.3 Å². The Kier molecular flexibility index (Phi) is 4.15. The lowest BCUT2D eigenvalue weighted by Crippen LogP contribution is -2.34. The van der Waals surface area contributed by atoms with Gasteiger partial charge in [0.05, 0.1) is 0 Å². The fourth-order valence-corrected chi connectivity index (χ4v) is 3.55. The quantitative estimate of drug-likeness (QED) is 0.896. The van der Waals surface area contributed by atoms with Crippen LogP contribution in [0.4, 0.5) is 5.69 Å². The highest BCUT2D eigenvalue weighted by Gasteiger charge is 2.25. The average molecular weight is 329 g/mol. The standard InChI is InChI=1S/C19H21ClN2O/c20-15-5-1-13(2-6-15)11-21-12-16-7-3-14-4-8-18-17(9-10-22-18)19(14)23-16/h1-2,4-6,8,16,21-22H,3,7,9-12H2. The van der Waals surface area contributed by atoms with Crippen molar-refractivity contribution < 1.29 is 4.74 Å².